The molecule has 1 fully saturated rings. The summed E-state index contributed by atoms with van der Waals surface area (Å²) in [6.45, 7) is 0.316. The van der Waals surface area contributed by atoms with E-state index in [2.05, 4.69) is 5.32 Å². The van der Waals surface area contributed by atoms with E-state index < -0.39 is 0 Å². The van der Waals surface area contributed by atoms with E-state index in [0.29, 0.717) is 23.1 Å². The van der Waals surface area contributed by atoms with Crippen molar-refractivity contribution < 1.29 is 4.39 Å². The van der Waals surface area contributed by atoms with Crippen LogP contribution in [0, 0.1) is 5.82 Å². The molecule has 2 atom stereocenters. The van der Waals surface area contributed by atoms with Crippen LogP contribution in [0.1, 0.15) is 31.2 Å². The van der Waals surface area contributed by atoms with Crippen LogP contribution in [0.2, 0.25) is 5.02 Å². The van der Waals surface area contributed by atoms with Crippen LogP contribution >= 0.6 is 11.6 Å². The highest BCUT2D eigenvalue weighted by atomic mass is 35.5. The topological polar surface area (TPSA) is 55.9 Å². The fourth-order valence-electron chi connectivity index (χ4n) is 3.69. The lowest BCUT2D eigenvalue weighted by Crippen LogP contribution is -2.43. The van der Waals surface area contributed by atoms with E-state index in [9.17, 15) is 4.39 Å². The first-order valence-corrected chi connectivity index (χ1v) is 9.41. The largest absolute Gasteiger partial charge is 0.351 e. The van der Waals surface area contributed by atoms with Gasteiger partial charge in [-0.15, -0.1) is 0 Å². The second-order valence-electron chi connectivity index (χ2n) is 6.91. The van der Waals surface area contributed by atoms with E-state index in [4.69, 9.17) is 22.3 Å². The third-order valence-electron chi connectivity index (χ3n) is 5.17. The molecule has 0 amide bonds. The van der Waals surface area contributed by atoms with Gasteiger partial charge in [-0.1, -0.05) is 42.6 Å². The van der Waals surface area contributed by atoms with E-state index in [1.165, 1.54) is 12.5 Å². The van der Waals surface area contributed by atoms with Crippen molar-refractivity contribution in [3.8, 4) is 0 Å². The zero-order chi connectivity index (χ0) is 18.1. The summed E-state index contributed by atoms with van der Waals surface area (Å²) in [7, 11) is 0. The minimum absolute atomic E-state index is 0.106. The molecule has 0 bridgehead atoms. The summed E-state index contributed by atoms with van der Waals surface area (Å²) >= 11 is 6.25. The molecule has 0 spiro atoms. The number of nitrogens with one attached hydrogen (secondary N) is 1. The number of nitrogens with two attached hydrogens (primary N) is 1. The fraction of sp³-hybridized carbons (Fsp3) is 0.350. The van der Waals surface area contributed by atoms with Crippen LogP contribution in [0.15, 0.2) is 42.5 Å². The SMILES string of the molecule is N[C@@H]1CCCC[C@@H]1Nc1nc2ccccc2n1Cc1c(F)cccc1Cl. The van der Waals surface area contributed by atoms with Crippen molar-refractivity contribution in [3.05, 3.63) is 58.9 Å². The summed E-state index contributed by atoms with van der Waals surface area (Å²) in [6.07, 6.45) is 4.35. The Morgan fingerprint density at radius 3 is 2.77 bits per heavy atom. The van der Waals surface area contributed by atoms with Gasteiger partial charge in [0.15, 0.2) is 0 Å². The van der Waals surface area contributed by atoms with Crippen LogP contribution in [-0.4, -0.2) is 21.6 Å². The fourth-order valence-corrected chi connectivity index (χ4v) is 3.91. The standard InChI is InChI=1S/C20H22ClFN4/c21-14-6-5-7-15(22)13(14)12-26-19-11-4-3-10-18(19)25-20(26)24-17-9-2-1-8-16(17)23/h3-7,10-11,16-17H,1-2,8-9,12,23H2,(H,24,25)/t16-,17+/m1/s1. The van der Waals surface area contributed by atoms with Gasteiger partial charge < -0.3 is 15.6 Å². The molecule has 1 aliphatic rings. The molecule has 1 saturated carbocycles. The highest BCUT2D eigenvalue weighted by molar-refractivity contribution is 6.31. The van der Waals surface area contributed by atoms with Gasteiger partial charge >= 0.3 is 0 Å². The van der Waals surface area contributed by atoms with Gasteiger partial charge in [0.2, 0.25) is 5.95 Å². The second-order valence-corrected chi connectivity index (χ2v) is 7.32. The summed E-state index contributed by atoms with van der Waals surface area (Å²) in [5, 5.41) is 3.93. The molecular weight excluding hydrogens is 351 g/mol. The summed E-state index contributed by atoms with van der Waals surface area (Å²) in [4.78, 5) is 4.73. The highest BCUT2D eigenvalue weighted by Gasteiger charge is 2.24. The quantitative estimate of drug-likeness (QED) is 0.705. The normalized spacial score (nSPS) is 20.4. The van der Waals surface area contributed by atoms with Gasteiger partial charge in [0.05, 0.1) is 17.6 Å². The smallest absolute Gasteiger partial charge is 0.204 e. The minimum Gasteiger partial charge on any atom is -0.351 e. The molecule has 2 aromatic carbocycles. The zero-order valence-corrected chi connectivity index (χ0v) is 15.2. The molecule has 0 unspecified atom stereocenters. The highest BCUT2D eigenvalue weighted by Crippen LogP contribution is 2.28. The number of hydrogen-bond acceptors (Lipinski definition) is 3. The Morgan fingerprint density at radius 2 is 1.96 bits per heavy atom. The molecule has 136 valence electrons. The molecule has 4 nitrogen and oxygen atoms in total. The van der Waals surface area contributed by atoms with Crippen LogP contribution < -0.4 is 11.1 Å². The van der Waals surface area contributed by atoms with Gasteiger partial charge in [0, 0.05) is 22.7 Å². The number of fused-ring (bicyclic) bond motifs is 1. The van der Waals surface area contributed by atoms with Crippen molar-refractivity contribution >= 4 is 28.6 Å². The molecule has 0 saturated heterocycles. The maximum atomic E-state index is 14.3. The molecule has 1 heterocycles. The molecule has 26 heavy (non-hydrogen) atoms. The van der Waals surface area contributed by atoms with Gasteiger partial charge in [-0.3, -0.25) is 0 Å². The Hall–Kier alpha value is -2.11. The number of imidazole rings is 1. The third kappa shape index (κ3) is 3.29. The third-order valence-corrected chi connectivity index (χ3v) is 5.52. The molecule has 0 aliphatic heterocycles. The Bertz CT molecular complexity index is 903. The van der Waals surface area contributed by atoms with Crippen LogP contribution in [0.5, 0.6) is 0 Å². The first kappa shape index (κ1) is 17.3. The Balaban J connectivity index is 1.74. The van der Waals surface area contributed by atoms with Crippen LogP contribution in [0.3, 0.4) is 0 Å². The summed E-state index contributed by atoms with van der Waals surface area (Å²) < 4.78 is 16.3. The van der Waals surface area contributed by atoms with E-state index in [1.807, 2.05) is 28.8 Å². The number of nitrogens with zero attached hydrogens (tertiary/aromatic N) is 2. The maximum absolute atomic E-state index is 14.3. The molecule has 1 aromatic heterocycles. The lowest BCUT2D eigenvalue weighted by Gasteiger charge is -2.30. The minimum atomic E-state index is -0.310. The monoisotopic (exact) mass is 372 g/mol. The number of anilines is 1. The number of benzene rings is 2. The molecule has 3 N–H and O–H groups in total. The number of rotatable bonds is 4. The van der Waals surface area contributed by atoms with Gasteiger partial charge in [0.1, 0.15) is 5.82 Å². The zero-order valence-electron chi connectivity index (χ0n) is 14.5. The molecular formula is C20H22ClFN4. The first-order chi connectivity index (χ1) is 12.6. The predicted molar refractivity (Wildman–Crippen MR) is 104 cm³/mol. The maximum Gasteiger partial charge on any atom is 0.204 e. The van der Waals surface area contributed by atoms with Crippen molar-refractivity contribution in [2.75, 3.05) is 5.32 Å². The number of aromatic nitrogens is 2. The van der Waals surface area contributed by atoms with Gasteiger partial charge in [0.25, 0.3) is 0 Å². The summed E-state index contributed by atoms with van der Waals surface area (Å²) in [5.41, 5.74) is 8.57. The van der Waals surface area contributed by atoms with Gasteiger partial charge in [-0.25, -0.2) is 9.37 Å². The Morgan fingerprint density at radius 1 is 1.15 bits per heavy atom. The number of halogens is 2. The van der Waals surface area contributed by atoms with Crippen molar-refractivity contribution in [2.45, 2.75) is 44.3 Å². The van der Waals surface area contributed by atoms with E-state index in [0.717, 1.165) is 30.3 Å². The van der Waals surface area contributed by atoms with Crippen LogP contribution in [0.25, 0.3) is 11.0 Å². The first-order valence-electron chi connectivity index (χ1n) is 9.04. The van der Waals surface area contributed by atoms with Crippen molar-refractivity contribution in [1.29, 1.82) is 0 Å². The van der Waals surface area contributed by atoms with Crippen molar-refractivity contribution in [1.82, 2.24) is 9.55 Å². The molecule has 6 heteroatoms. The lowest BCUT2D eigenvalue weighted by atomic mass is 9.91. The number of para-hydroxylation sites is 2. The number of hydrogen-bond donors (Lipinski definition) is 2. The average molecular weight is 373 g/mol. The van der Waals surface area contributed by atoms with Crippen LogP contribution in [0.4, 0.5) is 10.3 Å². The van der Waals surface area contributed by atoms with Crippen LogP contribution in [-0.2, 0) is 6.54 Å². The van der Waals surface area contributed by atoms with E-state index >= 15 is 0 Å². The predicted octanol–water partition coefficient (Wildman–Crippen LogP) is 4.56. The second kappa shape index (κ2) is 7.25. The van der Waals surface area contributed by atoms with Crippen molar-refractivity contribution in [3.63, 3.8) is 0 Å². The van der Waals surface area contributed by atoms with Crippen molar-refractivity contribution in [2.24, 2.45) is 5.73 Å². The van der Waals surface area contributed by atoms with Gasteiger partial charge in [-0.2, -0.15) is 0 Å². The molecule has 4 rings (SSSR count). The molecule has 0 radical (unpaired) electrons. The molecule has 1 aliphatic carbocycles. The van der Waals surface area contributed by atoms with E-state index in [-0.39, 0.29) is 17.9 Å². The van der Waals surface area contributed by atoms with E-state index in [1.54, 1.807) is 12.1 Å². The average Bonchev–Trinajstić information content (AvgIpc) is 2.97. The Labute approximate surface area is 157 Å². The molecule has 3 aromatic rings. The summed E-state index contributed by atoms with van der Waals surface area (Å²) in [5.74, 6) is 0.406. The lowest BCUT2D eigenvalue weighted by molar-refractivity contribution is 0.401. The van der Waals surface area contributed by atoms with Gasteiger partial charge in [-0.05, 0) is 37.1 Å². The Kier molecular flexibility index (Phi) is 4.83. The summed E-state index contributed by atoms with van der Waals surface area (Å²) in [6, 6.07) is 12.9.